The van der Waals surface area contributed by atoms with Crippen molar-refractivity contribution in [3.63, 3.8) is 0 Å². The second-order valence-corrected chi connectivity index (χ2v) is 30.6. The fourth-order valence-corrected chi connectivity index (χ4v) is 14.8. The van der Waals surface area contributed by atoms with E-state index >= 15 is 24.0 Å². The molecule has 114 heavy (non-hydrogen) atoms. The third kappa shape index (κ3) is 18.7. The minimum Gasteiger partial charge on any atom is -0.508 e. The van der Waals surface area contributed by atoms with Gasteiger partial charge in [0.05, 0.1) is 48.5 Å². The smallest absolute Gasteiger partial charge is 0.248 e. The van der Waals surface area contributed by atoms with Crippen LogP contribution in [0, 0.1) is 5.92 Å². The SMILES string of the molecule is CN[C@H](CC(C)C)C(=O)N[C@H]1C(=O)N[C@@H](CC(N)=O)C(=O)N[C@H]2C(=O)N[C@H]3C(=O)N[C@H](C(=O)N[C@H](C(=O)NCCCO)c4cc(O)cc(O)c4-c4cc3ccc4O)[C@H](O[C@H]3C[C@](C)(N)[C@@H](O)[C@H](C)O3)c3ccc(cc3)Oc3cc2cc(c3O[C@@H]2O[C@H](CO)[C@@H](O)[C@H](O)[C@H]2O[C@H]2C[C@](C)(N)[C@@H](O)[C@H](C)O2)Oc2ccc(cc2Cl)[C@H]1O. The van der Waals surface area contributed by atoms with Crippen LogP contribution in [0.1, 0.15) is 132 Å². The van der Waals surface area contributed by atoms with Crippen molar-refractivity contribution in [3.05, 3.63) is 118 Å². The zero-order valence-corrected chi connectivity index (χ0v) is 63.7. The molecule has 22 atom stereocenters. The Kier molecular flexibility index (Phi) is 26.3. The molecule has 3 saturated heterocycles. The molecule has 8 aliphatic rings. The third-order valence-electron chi connectivity index (χ3n) is 20.7. The normalized spacial score (nSPS) is 31.5. The quantitative estimate of drug-likeness (QED) is 0.0473. The van der Waals surface area contributed by atoms with Crippen LogP contribution < -0.4 is 73.9 Å². The number of likely N-dealkylation sites (N-methyl/N-ethyl adjacent to an activating group) is 1. The molecule has 38 heteroatoms. The van der Waals surface area contributed by atoms with E-state index in [-0.39, 0.29) is 76.9 Å². The highest BCUT2D eigenvalue weighted by atomic mass is 35.5. The summed E-state index contributed by atoms with van der Waals surface area (Å²) < 4.78 is 52.0. The first kappa shape index (κ1) is 85.2. The van der Waals surface area contributed by atoms with E-state index < -0.39 is 251 Å². The van der Waals surface area contributed by atoms with E-state index in [1.165, 1.54) is 71.1 Å². The van der Waals surface area contributed by atoms with Crippen LogP contribution in [0.15, 0.2) is 84.9 Å². The van der Waals surface area contributed by atoms with Crippen LogP contribution in [0.25, 0.3) is 11.1 Å². The van der Waals surface area contributed by atoms with Gasteiger partial charge in [0.1, 0.15) is 95.5 Å². The minimum absolute atomic E-state index is 0.0123. The monoisotopic (exact) mass is 1610 g/mol. The molecule has 8 aliphatic heterocycles. The molecule has 13 rings (SSSR count). The summed E-state index contributed by atoms with van der Waals surface area (Å²) in [5.41, 5.74) is 14.1. The number of primary amides is 1. The highest BCUT2D eigenvalue weighted by Crippen LogP contribution is 2.50. The molecule has 0 radical (unpaired) electrons. The molecule has 618 valence electrons. The largest absolute Gasteiger partial charge is 0.508 e. The van der Waals surface area contributed by atoms with Gasteiger partial charge in [0.25, 0.3) is 0 Å². The van der Waals surface area contributed by atoms with Gasteiger partial charge in [-0.15, -0.1) is 0 Å². The number of aliphatic hydroxyl groups excluding tert-OH is 7. The first-order valence-corrected chi connectivity index (χ1v) is 37.3. The molecule has 0 aromatic heterocycles. The van der Waals surface area contributed by atoms with Crippen molar-refractivity contribution in [1.82, 2.24) is 42.5 Å². The Bertz CT molecular complexity index is 4430. The highest BCUT2D eigenvalue weighted by Gasteiger charge is 2.52. The number of benzene rings is 5. The predicted molar refractivity (Wildman–Crippen MR) is 398 cm³/mol. The Labute approximate surface area is 657 Å². The molecule has 8 heterocycles. The van der Waals surface area contributed by atoms with Gasteiger partial charge in [-0.1, -0.05) is 49.7 Å². The van der Waals surface area contributed by atoms with Crippen molar-refractivity contribution in [2.24, 2.45) is 23.1 Å². The van der Waals surface area contributed by atoms with Crippen LogP contribution >= 0.6 is 11.6 Å². The van der Waals surface area contributed by atoms with E-state index in [0.29, 0.717) is 0 Å². The van der Waals surface area contributed by atoms with Gasteiger partial charge in [-0.05, 0) is 136 Å². The number of carbonyl (C=O) groups excluding carboxylic acids is 8. The van der Waals surface area contributed by atoms with Crippen molar-refractivity contribution in [2.45, 2.75) is 207 Å². The van der Waals surface area contributed by atoms with E-state index in [1.54, 1.807) is 0 Å². The highest BCUT2D eigenvalue weighted by molar-refractivity contribution is 6.32. The Balaban J connectivity index is 1.18. The van der Waals surface area contributed by atoms with Gasteiger partial charge < -0.3 is 149 Å². The number of hydrogen-bond acceptors (Lipinski definition) is 29. The van der Waals surface area contributed by atoms with Gasteiger partial charge in [0.15, 0.2) is 30.2 Å². The lowest BCUT2D eigenvalue weighted by atomic mass is 9.86. The second kappa shape index (κ2) is 35.2. The van der Waals surface area contributed by atoms with Crippen molar-refractivity contribution in [2.75, 3.05) is 26.8 Å². The van der Waals surface area contributed by atoms with Gasteiger partial charge in [-0.2, -0.15) is 0 Å². The molecule has 0 saturated carbocycles. The van der Waals surface area contributed by atoms with E-state index in [0.717, 1.165) is 48.5 Å². The summed E-state index contributed by atoms with van der Waals surface area (Å²) in [6.07, 6.45) is -22.3. The average molecular weight is 1620 g/mol. The molecule has 24 N–H and O–H groups in total. The number of carbonyl (C=O) groups is 8. The summed E-state index contributed by atoms with van der Waals surface area (Å²) in [5, 5.41) is 135. The molecular formula is C76H96ClN11O26. The first-order chi connectivity index (χ1) is 53.9. The first-order valence-electron chi connectivity index (χ1n) is 36.9. The minimum atomic E-state index is -2.34. The number of phenols is 3. The number of rotatable bonds is 18. The molecule has 37 nitrogen and oxygen atoms in total. The number of nitrogens with two attached hydrogens (primary N) is 3. The number of amides is 8. The lowest BCUT2D eigenvalue weighted by Crippen LogP contribution is -2.64. The number of phenolic OH excluding ortho intramolecular Hbond substituents is 3. The molecule has 8 amide bonds. The number of fused-ring (bicyclic) bond motifs is 15. The molecule has 11 bridgehead atoms. The van der Waals surface area contributed by atoms with E-state index in [9.17, 15) is 65.4 Å². The maximum atomic E-state index is 16.5. The predicted octanol–water partition coefficient (Wildman–Crippen LogP) is -0.896. The number of hydrogen-bond donors (Lipinski definition) is 21. The Morgan fingerprint density at radius 1 is 0.675 bits per heavy atom. The number of aliphatic hydroxyl groups is 7. The fourth-order valence-electron chi connectivity index (χ4n) is 14.6. The van der Waals surface area contributed by atoms with Crippen molar-refractivity contribution < 1.29 is 127 Å². The number of halogens is 1. The maximum absolute atomic E-state index is 16.5. The number of aromatic hydroxyl groups is 3. The topological polar surface area (TPSA) is 587 Å². The van der Waals surface area contributed by atoms with E-state index in [4.69, 9.17) is 66.7 Å². The number of nitrogens with one attached hydrogen (secondary N) is 8. The van der Waals surface area contributed by atoms with E-state index in [2.05, 4.69) is 42.5 Å². The summed E-state index contributed by atoms with van der Waals surface area (Å²) >= 11 is 7.16. The van der Waals surface area contributed by atoms with Crippen LogP contribution in [-0.2, 0) is 62.0 Å². The summed E-state index contributed by atoms with van der Waals surface area (Å²) in [7, 11) is 1.48. The molecule has 0 aliphatic carbocycles. The summed E-state index contributed by atoms with van der Waals surface area (Å²) in [5.74, 6) is -14.3. The second-order valence-electron chi connectivity index (χ2n) is 30.2. The molecule has 5 aromatic carbocycles. The number of ether oxygens (including phenoxy) is 8. The Morgan fingerprint density at radius 2 is 1.29 bits per heavy atom. The van der Waals surface area contributed by atoms with Gasteiger partial charge in [0.2, 0.25) is 59.3 Å². The van der Waals surface area contributed by atoms with Gasteiger partial charge in [-0.3, -0.25) is 38.4 Å². The van der Waals surface area contributed by atoms with Gasteiger partial charge >= 0.3 is 0 Å². The Hall–Kier alpha value is -9.65. The Morgan fingerprint density at radius 3 is 1.90 bits per heavy atom. The maximum Gasteiger partial charge on any atom is 0.248 e. The molecule has 0 spiro atoms. The van der Waals surface area contributed by atoms with Gasteiger partial charge in [-0.25, -0.2) is 0 Å². The van der Waals surface area contributed by atoms with Crippen LogP contribution in [0.5, 0.6) is 46.0 Å². The van der Waals surface area contributed by atoms with Crippen molar-refractivity contribution in [3.8, 4) is 57.1 Å². The summed E-state index contributed by atoms with van der Waals surface area (Å²) in [6, 6.07) is 2.31. The summed E-state index contributed by atoms with van der Waals surface area (Å²) in [4.78, 5) is 122. The molecule has 0 unspecified atom stereocenters. The van der Waals surface area contributed by atoms with Crippen molar-refractivity contribution >= 4 is 58.9 Å². The lowest BCUT2D eigenvalue weighted by molar-refractivity contribution is -0.333. The molecular weight excluding hydrogens is 1520 g/mol. The fraction of sp³-hybridized carbons (Fsp3) is 0.500. The van der Waals surface area contributed by atoms with Crippen molar-refractivity contribution in [1.29, 1.82) is 0 Å². The molecule has 5 aromatic rings. The van der Waals surface area contributed by atoms with Gasteiger partial charge in [0, 0.05) is 54.3 Å². The van der Waals surface area contributed by atoms with Crippen LogP contribution in [0.2, 0.25) is 5.02 Å². The van der Waals surface area contributed by atoms with Crippen LogP contribution in [-0.4, -0.2) is 228 Å². The third-order valence-corrected chi connectivity index (χ3v) is 21.0. The van der Waals surface area contributed by atoms with Crippen LogP contribution in [0.4, 0.5) is 0 Å². The van der Waals surface area contributed by atoms with E-state index in [1.807, 2.05) is 13.8 Å². The van der Waals surface area contributed by atoms with Crippen LogP contribution in [0.3, 0.4) is 0 Å². The average Bonchev–Trinajstić information content (AvgIpc) is 0.765. The zero-order valence-electron chi connectivity index (χ0n) is 63.0. The summed E-state index contributed by atoms with van der Waals surface area (Å²) in [6.45, 7) is 8.08. The zero-order chi connectivity index (χ0) is 82.9. The standard InChI is InChI=1S/C76H96ClN11O26/c1-30(2)19-42(81-7)67(100)87-57-59(95)35-12-16-46(41(77)21-35)110-48-23-36-22-47(63(48)114-74-64(61(97)60(96)49(29-90)111-74)113-52-28-76(6,80)66(99)32(4)108-52)109-38-13-9-33(10-14-38)62(112-51-27-75(5,79)65(98)31(3)107-51)58-73(106)86-56(69(102)82-17-8-18-89)40-24-37(91)25-45(93)53(40)39-20-34(11-15-44(39)92)54(70(103)88-58)85-71(104)55(36)84-68(101)43(26-50(78)94)83-72(57)105/h9-16,20-25,30-32,42-43,49,51-52,54-62,64-66,74,81,89-93,95-99H,8,17-19,26-29,79-80H2,1-7H3,(H2,78,94)(H,82,102)(H,83,105)(H,84,101)(H,85,104)(H,86,106)(H,87,100)(H,88,103)/t31-,32-,42+,43-,49+,51-,52-,54+,55+,56-,57+,58-,59+,60+,61-,62+,64+,65-,66-,74-,75-,76-/m0/s1. The molecule has 3 fully saturated rings. The lowest BCUT2D eigenvalue weighted by Gasteiger charge is -2.47.